The molecule has 0 bridgehead atoms. The molecule has 19 heavy (non-hydrogen) atoms. The standard InChI is InChI=1S/C17H15ClO/c18-17(15-10-11-3-1-2-4-14(11)15)13-5-6-16-12(9-13)7-8-19-16/h1-6,9,15,17H,7-8,10H2. The van der Waals surface area contributed by atoms with Crippen LogP contribution in [0.15, 0.2) is 42.5 Å². The monoisotopic (exact) mass is 270 g/mol. The third-order valence-corrected chi connectivity index (χ3v) is 4.84. The minimum absolute atomic E-state index is 0.0702. The zero-order valence-electron chi connectivity index (χ0n) is 10.6. The molecule has 1 aliphatic carbocycles. The summed E-state index contributed by atoms with van der Waals surface area (Å²) in [5.74, 6) is 1.49. The van der Waals surface area contributed by atoms with Gasteiger partial charge in [0, 0.05) is 12.3 Å². The molecule has 0 N–H and O–H groups in total. The van der Waals surface area contributed by atoms with E-state index < -0.39 is 0 Å². The molecule has 0 amide bonds. The van der Waals surface area contributed by atoms with Crippen molar-refractivity contribution < 1.29 is 4.74 Å². The van der Waals surface area contributed by atoms with Gasteiger partial charge in [0.15, 0.2) is 0 Å². The summed E-state index contributed by atoms with van der Waals surface area (Å²) in [6.07, 6.45) is 2.10. The van der Waals surface area contributed by atoms with E-state index in [0.29, 0.717) is 5.92 Å². The summed E-state index contributed by atoms with van der Waals surface area (Å²) in [5, 5.41) is 0.0702. The van der Waals surface area contributed by atoms with Gasteiger partial charge in [0.2, 0.25) is 0 Å². The molecule has 0 fully saturated rings. The fourth-order valence-electron chi connectivity index (χ4n) is 3.17. The predicted molar refractivity (Wildman–Crippen MR) is 77.1 cm³/mol. The minimum atomic E-state index is 0.0702. The lowest BCUT2D eigenvalue weighted by atomic mass is 9.74. The summed E-state index contributed by atoms with van der Waals surface area (Å²) in [6, 6.07) is 15.0. The molecule has 4 rings (SSSR count). The molecule has 2 atom stereocenters. The third kappa shape index (κ3) is 1.76. The Hall–Kier alpha value is -1.47. The molecule has 0 spiro atoms. The first kappa shape index (κ1) is 11.4. The van der Waals surface area contributed by atoms with Crippen LogP contribution in [0, 0.1) is 0 Å². The first-order valence-corrected chi connectivity index (χ1v) is 7.24. The SMILES string of the molecule is ClC(c1ccc2c(c1)CCO2)C1Cc2ccccc21. The highest BCUT2D eigenvalue weighted by Gasteiger charge is 2.32. The van der Waals surface area contributed by atoms with Crippen LogP contribution in [0.25, 0.3) is 0 Å². The molecule has 2 heteroatoms. The van der Waals surface area contributed by atoms with Crippen molar-refractivity contribution in [3.8, 4) is 5.75 Å². The van der Waals surface area contributed by atoms with E-state index in [1.807, 2.05) is 0 Å². The molecule has 96 valence electrons. The van der Waals surface area contributed by atoms with Crippen molar-refractivity contribution in [1.29, 1.82) is 0 Å². The van der Waals surface area contributed by atoms with Crippen molar-refractivity contribution in [2.45, 2.75) is 24.1 Å². The van der Waals surface area contributed by atoms with Gasteiger partial charge < -0.3 is 4.74 Å². The Balaban J connectivity index is 1.64. The van der Waals surface area contributed by atoms with Crippen LogP contribution in [0.3, 0.4) is 0 Å². The summed E-state index contributed by atoms with van der Waals surface area (Å²) < 4.78 is 5.55. The van der Waals surface area contributed by atoms with Crippen molar-refractivity contribution in [2.75, 3.05) is 6.61 Å². The van der Waals surface area contributed by atoms with Crippen LogP contribution in [-0.4, -0.2) is 6.61 Å². The minimum Gasteiger partial charge on any atom is -0.493 e. The smallest absolute Gasteiger partial charge is 0.122 e. The number of alkyl halides is 1. The molecule has 2 aliphatic rings. The normalized spacial score (nSPS) is 21.0. The molecule has 0 saturated carbocycles. The summed E-state index contributed by atoms with van der Waals surface area (Å²) in [4.78, 5) is 0. The Morgan fingerprint density at radius 3 is 2.89 bits per heavy atom. The average Bonchev–Trinajstić information content (AvgIpc) is 2.87. The van der Waals surface area contributed by atoms with Crippen LogP contribution in [0.2, 0.25) is 0 Å². The van der Waals surface area contributed by atoms with Crippen molar-refractivity contribution in [3.05, 3.63) is 64.7 Å². The van der Waals surface area contributed by atoms with Gasteiger partial charge in [-0.15, -0.1) is 11.6 Å². The zero-order valence-corrected chi connectivity index (χ0v) is 11.4. The molecule has 1 nitrogen and oxygen atoms in total. The third-order valence-electron chi connectivity index (χ3n) is 4.28. The molecule has 2 aromatic rings. The maximum Gasteiger partial charge on any atom is 0.122 e. The summed E-state index contributed by atoms with van der Waals surface area (Å²) in [6.45, 7) is 0.804. The number of fused-ring (bicyclic) bond motifs is 2. The van der Waals surface area contributed by atoms with E-state index in [1.165, 1.54) is 22.3 Å². The number of hydrogen-bond donors (Lipinski definition) is 0. The van der Waals surface area contributed by atoms with Crippen LogP contribution >= 0.6 is 11.6 Å². The fourth-order valence-corrected chi connectivity index (χ4v) is 3.53. The van der Waals surface area contributed by atoms with E-state index in [1.54, 1.807) is 0 Å². The fraction of sp³-hybridized carbons (Fsp3) is 0.294. The lowest BCUT2D eigenvalue weighted by Gasteiger charge is -2.33. The molecule has 2 unspecified atom stereocenters. The van der Waals surface area contributed by atoms with Crippen LogP contribution in [-0.2, 0) is 12.8 Å². The van der Waals surface area contributed by atoms with Gasteiger partial charge in [-0.05, 0) is 34.7 Å². The lowest BCUT2D eigenvalue weighted by molar-refractivity contribution is 0.357. The van der Waals surface area contributed by atoms with Crippen LogP contribution < -0.4 is 4.74 Å². The second kappa shape index (κ2) is 4.28. The summed E-state index contributed by atoms with van der Waals surface area (Å²) in [5.41, 5.74) is 5.39. The van der Waals surface area contributed by atoms with Crippen LogP contribution in [0.5, 0.6) is 5.75 Å². The van der Waals surface area contributed by atoms with Gasteiger partial charge in [-0.1, -0.05) is 36.4 Å². The molecule has 2 aromatic carbocycles. The van der Waals surface area contributed by atoms with Crippen molar-refractivity contribution >= 4 is 11.6 Å². The molecular weight excluding hydrogens is 256 g/mol. The van der Waals surface area contributed by atoms with Gasteiger partial charge in [0.25, 0.3) is 0 Å². The number of hydrogen-bond acceptors (Lipinski definition) is 1. The highest BCUT2D eigenvalue weighted by atomic mass is 35.5. The topological polar surface area (TPSA) is 9.23 Å². The predicted octanol–water partition coefficient (Wildman–Crippen LogP) is 4.24. The van der Waals surface area contributed by atoms with E-state index >= 15 is 0 Å². The molecule has 1 aliphatic heterocycles. The first-order valence-electron chi connectivity index (χ1n) is 6.80. The molecular formula is C17H15ClO. The van der Waals surface area contributed by atoms with Gasteiger partial charge in [0.1, 0.15) is 5.75 Å². The highest BCUT2D eigenvalue weighted by molar-refractivity contribution is 6.21. The van der Waals surface area contributed by atoms with Crippen LogP contribution in [0.4, 0.5) is 0 Å². The van der Waals surface area contributed by atoms with E-state index in [0.717, 1.165) is 25.2 Å². The van der Waals surface area contributed by atoms with Crippen LogP contribution in [0.1, 0.15) is 33.5 Å². The Morgan fingerprint density at radius 1 is 1.11 bits per heavy atom. The van der Waals surface area contributed by atoms with Gasteiger partial charge in [-0.3, -0.25) is 0 Å². The van der Waals surface area contributed by atoms with Crippen molar-refractivity contribution in [1.82, 2.24) is 0 Å². The van der Waals surface area contributed by atoms with E-state index in [-0.39, 0.29) is 5.38 Å². The van der Waals surface area contributed by atoms with E-state index in [9.17, 15) is 0 Å². The quantitative estimate of drug-likeness (QED) is 0.742. The molecule has 0 aromatic heterocycles. The van der Waals surface area contributed by atoms with Gasteiger partial charge in [-0.2, -0.15) is 0 Å². The van der Waals surface area contributed by atoms with E-state index in [4.69, 9.17) is 16.3 Å². The zero-order chi connectivity index (χ0) is 12.8. The second-order valence-corrected chi connectivity index (χ2v) is 5.85. The highest BCUT2D eigenvalue weighted by Crippen LogP contribution is 2.47. The Morgan fingerprint density at radius 2 is 2.00 bits per heavy atom. The summed E-state index contributed by atoms with van der Waals surface area (Å²) >= 11 is 6.70. The van der Waals surface area contributed by atoms with Gasteiger partial charge >= 0.3 is 0 Å². The maximum atomic E-state index is 6.70. The first-order chi connectivity index (χ1) is 9.33. The molecule has 0 saturated heterocycles. The number of rotatable bonds is 2. The van der Waals surface area contributed by atoms with Gasteiger partial charge in [-0.25, -0.2) is 0 Å². The number of benzene rings is 2. The molecule has 0 radical (unpaired) electrons. The van der Waals surface area contributed by atoms with E-state index in [2.05, 4.69) is 42.5 Å². The Bertz CT molecular complexity index is 635. The average molecular weight is 271 g/mol. The number of ether oxygens (including phenoxy) is 1. The Labute approximate surface area is 118 Å². The summed E-state index contributed by atoms with van der Waals surface area (Å²) in [7, 11) is 0. The van der Waals surface area contributed by atoms with Crippen molar-refractivity contribution in [3.63, 3.8) is 0 Å². The number of halogens is 1. The Kier molecular flexibility index (Phi) is 2.56. The van der Waals surface area contributed by atoms with Crippen molar-refractivity contribution in [2.24, 2.45) is 0 Å². The maximum absolute atomic E-state index is 6.70. The lowest BCUT2D eigenvalue weighted by Crippen LogP contribution is -2.21. The van der Waals surface area contributed by atoms with Gasteiger partial charge in [0.05, 0.1) is 12.0 Å². The molecule has 1 heterocycles. The second-order valence-electron chi connectivity index (χ2n) is 5.38. The largest absolute Gasteiger partial charge is 0.493 e.